The minimum absolute atomic E-state index is 0.127. The van der Waals surface area contributed by atoms with Crippen molar-refractivity contribution in [2.24, 2.45) is 11.8 Å². The summed E-state index contributed by atoms with van der Waals surface area (Å²) < 4.78 is 0. The second-order valence-corrected chi connectivity index (χ2v) is 5.55. The van der Waals surface area contributed by atoms with Gasteiger partial charge in [0.1, 0.15) is 0 Å². The predicted molar refractivity (Wildman–Crippen MR) is 63.4 cm³/mol. The fourth-order valence-electron chi connectivity index (χ4n) is 2.97. The molecule has 0 bridgehead atoms. The number of hydrogen-bond acceptors (Lipinski definition) is 2. The third-order valence-electron chi connectivity index (χ3n) is 4.32. The van der Waals surface area contributed by atoms with Crippen LogP contribution in [0.25, 0.3) is 0 Å². The number of likely N-dealkylation sites (tertiary alicyclic amines) is 1. The SMILES string of the molecule is CC(CC1CCC1)N1CCCC(C(=O)O)C1. The second-order valence-electron chi connectivity index (χ2n) is 5.55. The molecule has 1 aliphatic carbocycles. The number of carboxylic acid groups (broad SMARTS) is 1. The summed E-state index contributed by atoms with van der Waals surface area (Å²) in [5.41, 5.74) is 0. The summed E-state index contributed by atoms with van der Waals surface area (Å²) in [5.74, 6) is 0.179. The molecule has 0 aromatic heterocycles. The summed E-state index contributed by atoms with van der Waals surface area (Å²) in [6.07, 6.45) is 7.36. The maximum absolute atomic E-state index is 11.0. The number of aliphatic carboxylic acids is 1. The highest BCUT2D eigenvalue weighted by Gasteiger charge is 2.29. The van der Waals surface area contributed by atoms with Gasteiger partial charge in [-0.2, -0.15) is 0 Å². The molecule has 92 valence electrons. The normalized spacial score (nSPS) is 29.7. The third-order valence-corrected chi connectivity index (χ3v) is 4.32. The van der Waals surface area contributed by atoms with E-state index in [0.29, 0.717) is 6.04 Å². The summed E-state index contributed by atoms with van der Waals surface area (Å²) in [4.78, 5) is 13.4. The number of hydrogen-bond donors (Lipinski definition) is 1. The van der Waals surface area contributed by atoms with E-state index in [-0.39, 0.29) is 5.92 Å². The Labute approximate surface area is 97.8 Å². The molecule has 0 aromatic carbocycles. The van der Waals surface area contributed by atoms with E-state index in [1.807, 2.05) is 0 Å². The first kappa shape index (κ1) is 11.9. The topological polar surface area (TPSA) is 40.5 Å². The largest absolute Gasteiger partial charge is 0.481 e. The molecule has 0 aromatic rings. The Hall–Kier alpha value is -0.570. The lowest BCUT2D eigenvalue weighted by molar-refractivity contribution is -0.143. The zero-order chi connectivity index (χ0) is 11.5. The molecule has 2 rings (SSSR count). The molecule has 1 heterocycles. The van der Waals surface area contributed by atoms with Gasteiger partial charge in [-0.05, 0) is 38.6 Å². The highest BCUT2D eigenvalue weighted by molar-refractivity contribution is 5.70. The monoisotopic (exact) mass is 225 g/mol. The molecule has 0 spiro atoms. The van der Waals surface area contributed by atoms with Crippen LogP contribution in [0.5, 0.6) is 0 Å². The zero-order valence-corrected chi connectivity index (χ0v) is 10.2. The Morgan fingerprint density at radius 2 is 2.12 bits per heavy atom. The molecule has 1 N–H and O–H groups in total. The number of rotatable bonds is 4. The molecule has 2 fully saturated rings. The summed E-state index contributed by atoms with van der Waals surface area (Å²) >= 11 is 0. The molecular weight excluding hydrogens is 202 g/mol. The molecule has 2 atom stereocenters. The molecule has 3 heteroatoms. The molecule has 2 aliphatic rings. The van der Waals surface area contributed by atoms with Crippen molar-refractivity contribution in [1.29, 1.82) is 0 Å². The van der Waals surface area contributed by atoms with Gasteiger partial charge in [-0.15, -0.1) is 0 Å². The van der Waals surface area contributed by atoms with E-state index in [9.17, 15) is 4.79 Å². The van der Waals surface area contributed by atoms with Gasteiger partial charge in [-0.1, -0.05) is 19.3 Å². The molecule has 1 saturated heterocycles. The highest BCUT2D eigenvalue weighted by atomic mass is 16.4. The second kappa shape index (κ2) is 5.17. The van der Waals surface area contributed by atoms with Crippen LogP contribution in [0.1, 0.15) is 45.4 Å². The van der Waals surface area contributed by atoms with E-state index in [2.05, 4.69) is 11.8 Å². The van der Waals surface area contributed by atoms with Crippen molar-refractivity contribution in [1.82, 2.24) is 4.90 Å². The lowest BCUT2D eigenvalue weighted by Crippen LogP contribution is -2.44. The molecule has 0 amide bonds. The van der Waals surface area contributed by atoms with Gasteiger partial charge in [0.05, 0.1) is 5.92 Å². The highest BCUT2D eigenvalue weighted by Crippen LogP contribution is 2.32. The average molecular weight is 225 g/mol. The Bertz CT molecular complexity index is 250. The molecular formula is C13H23NO2. The summed E-state index contributed by atoms with van der Waals surface area (Å²) in [6, 6.07) is 0.576. The van der Waals surface area contributed by atoms with Gasteiger partial charge < -0.3 is 5.11 Å². The Morgan fingerprint density at radius 3 is 2.69 bits per heavy atom. The van der Waals surface area contributed by atoms with Crippen molar-refractivity contribution in [2.75, 3.05) is 13.1 Å². The smallest absolute Gasteiger partial charge is 0.307 e. The van der Waals surface area contributed by atoms with Gasteiger partial charge in [0.2, 0.25) is 0 Å². The molecule has 0 radical (unpaired) electrons. The van der Waals surface area contributed by atoms with Crippen LogP contribution < -0.4 is 0 Å². The van der Waals surface area contributed by atoms with Crippen molar-refractivity contribution in [3.63, 3.8) is 0 Å². The first-order chi connectivity index (χ1) is 7.66. The van der Waals surface area contributed by atoms with Crippen molar-refractivity contribution in [2.45, 2.75) is 51.5 Å². The molecule has 3 nitrogen and oxygen atoms in total. The van der Waals surface area contributed by atoms with Gasteiger partial charge in [0.15, 0.2) is 0 Å². The van der Waals surface area contributed by atoms with Crippen LogP contribution in [-0.2, 0) is 4.79 Å². The van der Waals surface area contributed by atoms with Crippen LogP contribution in [-0.4, -0.2) is 35.1 Å². The zero-order valence-electron chi connectivity index (χ0n) is 10.2. The quantitative estimate of drug-likeness (QED) is 0.798. The van der Waals surface area contributed by atoms with Crippen LogP contribution in [0.2, 0.25) is 0 Å². The van der Waals surface area contributed by atoms with Gasteiger partial charge in [-0.3, -0.25) is 9.69 Å². The fraction of sp³-hybridized carbons (Fsp3) is 0.923. The Kier molecular flexibility index (Phi) is 3.85. The number of nitrogens with zero attached hydrogens (tertiary/aromatic N) is 1. The van der Waals surface area contributed by atoms with E-state index in [1.165, 1.54) is 25.7 Å². The maximum Gasteiger partial charge on any atom is 0.307 e. The van der Waals surface area contributed by atoms with Crippen LogP contribution in [0.4, 0.5) is 0 Å². The molecule has 2 unspecified atom stereocenters. The first-order valence-corrected chi connectivity index (χ1v) is 6.63. The van der Waals surface area contributed by atoms with Crippen LogP contribution in [0.15, 0.2) is 0 Å². The van der Waals surface area contributed by atoms with Crippen molar-refractivity contribution in [3.05, 3.63) is 0 Å². The van der Waals surface area contributed by atoms with Gasteiger partial charge in [0, 0.05) is 12.6 Å². The lowest BCUT2D eigenvalue weighted by Gasteiger charge is -2.38. The molecule has 1 saturated carbocycles. The van der Waals surface area contributed by atoms with Crippen LogP contribution >= 0.6 is 0 Å². The van der Waals surface area contributed by atoms with Gasteiger partial charge in [0.25, 0.3) is 0 Å². The fourth-order valence-corrected chi connectivity index (χ4v) is 2.97. The lowest BCUT2D eigenvalue weighted by atomic mass is 9.80. The van der Waals surface area contributed by atoms with Crippen molar-refractivity contribution < 1.29 is 9.90 Å². The minimum Gasteiger partial charge on any atom is -0.481 e. The maximum atomic E-state index is 11.0. The summed E-state index contributed by atoms with van der Waals surface area (Å²) in [5, 5.41) is 9.05. The summed E-state index contributed by atoms with van der Waals surface area (Å²) in [6.45, 7) is 4.13. The van der Waals surface area contributed by atoms with Crippen molar-refractivity contribution >= 4 is 5.97 Å². The van der Waals surface area contributed by atoms with Crippen molar-refractivity contribution in [3.8, 4) is 0 Å². The minimum atomic E-state index is -0.611. The van der Waals surface area contributed by atoms with E-state index in [1.54, 1.807) is 0 Å². The number of carbonyl (C=O) groups is 1. The standard InChI is InChI=1S/C13H23NO2/c1-10(8-11-4-2-5-11)14-7-3-6-12(9-14)13(15)16/h10-12H,2-9H2,1H3,(H,15,16). The predicted octanol–water partition coefficient (Wildman–Crippen LogP) is 2.36. The Morgan fingerprint density at radius 1 is 1.38 bits per heavy atom. The average Bonchev–Trinajstić information content (AvgIpc) is 2.23. The Balaban J connectivity index is 1.80. The van der Waals surface area contributed by atoms with Crippen LogP contribution in [0, 0.1) is 11.8 Å². The third kappa shape index (κ3) is 2.76. The van der Waals surface area contributed by atoms with Crippen LogP contribution in [0.3, 0.4) is 0 Å². The molecule has 16 heavy (non-hydrogen) atoms. The summed E-state index contributed by atoms with van der Waals surface area (Å²) in [7, 11) is 0. The first-order valence-electron chi connectivity index (χ1n) is 6.63. The number of piperidine rings is 1. The van der Waals surface area contributed by atoms with E-state index in [0.717, 1.165) is 31.8 Å². The van der Waals surface area contributed by atoms with E-state index in [4.69, 9.17) is 5.11 Å². The van der Waals surface area contributed by atoms with Gasteiger partial charge in [-0.25, -0.2) is 0 Å². The van der Waals surface area contributed by atoms with E-state index < -0.39 is 5.97 Å². The molecule has 1 aliphatic heterocycles. The number of carboxylic acids is 1. The van der Waals surface area contributed by atoms with E-state index >= 15 is 0 Å². The van der Waals surface area contributed by atoms with Gasteiger partial charge >= 0.3 is 5.97 Å².